The summed E-state index contributed by atoms with van der Waals surface area (Å²) in [5.41, 5.74) is 1.01. The van der Waals surface area contributed by atoms with Gasteiger partial charge in [0.25, 0.3) is 0 Å². The molecule has 0 aliphatic heterocycles. The predicted molar refractivity (Wildman–Crippen MR) is 65.8 cm³/mol. The third kappa shape index (κ3) is 5.03. The normalized spacial score (nSPS) is 9.88. The first-order valence-electron chi connectivity index (χ1n) is 5.37. The SMILES string of the molecule is CCOC(=O)CCCNc1ccc(Cl)cc1. The minimum Gasteiger partial charge on any atom is -0.466 e. The summed E-state index contributed by atoms with van der Waals surface area (Å²) < 4.78 is 4.83. The van der Waals surface area contributed by atoms with Crippen molar-refractivity contribution in [1.29, 1.82) is 0 Å². The predicted octanol–water partition coefficient (Wildman–Crippen LogP) is 3.10. The van der Waals surface area contributed by atoms with Crippen molar-refractivity contribution in [2.24, 2.45) is 0 Å². The van der Waals surface area contributed by atoms with Crippen molar-refractivity contribution < 1.29 is 9.53 Å². The fourth-order valence-electron chi connectivity index (χ4n) is 1.27. The molecule has 1 rings (SSSR count). The maximum Gasteiger partial charge on any atom is 0.305 e. The molecule has 0 aliphatic rings. The molecule has 3 nitrogen and oxygen atoms in total. The van der Waals surface area contributed by atoms with Gasteiger partial charge >= 0.3 is 5.97 Å². The minimum atomic E-state index is -0.139. The van der Waals surface area contributed by atoms with Crippen LogP contribution >= 0.6 is 11.6 Å². The third-order valence-corrected chi connectivity index (χ3v) is 2.29. The van der Waals surface area contributed by atoms with Gasteiger partial charge in [-0.05, 0) is 37.6 Å². The van der Waals surface area contributed by atoms with Gasteiger partial charge in [0.1, 0.15) is 0 Å². The molecular weight excluding hydrogens is 226 g/mol. The number of rotatable bonds is 6. The van der Waals surface area contributed by atoms with Crippen LogP contribution in [0.25, 0.3) is 0 Å². The highest BCUT2D eigenvalue weighted by molar-refractivity contribution is 6.30. The van der Waals surface area contributed by atoms with Crippen molar-refractivity contribution in [3.63, 3.8) is 0 Å². The van der Waals surface area contributed by atoms with Crippen molar-refractivity contribution in [2.45, 2.75) is 19.8 Å². The molecule has 0 saturated carbocycles. The Balaban J connectivity index is 2.16. The number of hydrogen-bond donors (Lipinski definition) is 1. The van der Waals surface area contributed by atoms with E-state index in [1.54, 1.807) is 0 Å². The number of anilines is 1. The summed E-state index contributed by atoms with van der Waals surface area (Å²) in [6.45, 7) is 3.01. The Morgan fingerprint density at radius 2 is 2.06 bits per heavy atom. The summed E-state index contributed by atoms with van der Waals surface area (Å²) >= 11 is 5.76. The van der Waals surface area contributed by atoms with Crippen LogP contribution in [0.15, 0.2) is 24.3 Å². The van der Waals surface area contributed by atoms with E-state index in [0.717, 1.165) is 23.7 Å². The molecule has 0 aliphatic carbocycles. The standard InChI is InChI=1S/C12H16ClNO2/c1-2-16-12(15)4-3-9-14-11-7-5-10(13)6-8-11/h5-8,14H,2-4,9H2,1H3. The summed E-state index contributed by atoms with van der Waals surface area (Å²) in [5, 5.41) is 3.92. The molecule has 0 atom stereocenters. The molecule has 0 unspecified atom stereocenters. The van der Waals surface area contributed by atoms with Crippen LogP contribution in [0.4, 0.5) is 5.69 Å². The van der Waals surface area contributed by atoms with Crippen LogP contribution < -0.4 is 5.32 Å². The van der Waals surface area contributed by atoms with Crippen molar-refractivity contribution in [3.8, 4) is 0 Å². The monoisotopic (exact) mass is 241 g/mol. The lowest BCUT2D eigenvalue weighted by Crippen LogP contribution is -2.08. The zero-order valence-corrected chi connectivity index (χ0v) is 10.1. The van der Waals surface area contributed by atoms with Gasteiger partial charge < -0.3 is 10.1 Å². The Morgan fingerprint density at radius 3 is 2.69 bits per heavy atom. The maximum atomic E-state index is 11.0. The van der Waals surface area contributed by atoms with E-state index in [0.29, 0.717) is 13.0 Å². The van der Waals surface area contributed by atoms with Gasteiger partial charge in [0.05, 0.1) is 6.61 Å². The zero-order chi connectivity index (χ0) is 11.8. The van der Waals surface area contributed by atoms with Gasteiger partial charge in [-0.15, -0.1) is 0 Å². The van der Waals surface area contributed by atoms with Crippen molar-refractivity contribution >= 4 is 23.3 Å². The van der Waals surface area contributed by atoms with E-state index in [9.17, 15) is 4.79 Å². The van der Waals surface area contributed by atoms with E-state index >= 15 is 0 Å². The Bertz CT molecular complexity index is 324. The average Bonchev–Trinajstić information content (AvgIpc) is 2.27. The lowest BCUT2D eigenvalue weighted by Gasteiger charge is -2.06. The molecule has 0 aromatic heterocycles. The molecule has 0 bridgehead atoms. The van der Waals surface area contributed by atoms with Crippen LogP contribution in [0, 0.1) is 0 Å². The average molecular weight is 242 g/mol. The number of carbonyl (C=O) groups excluding carboxylic acids is 1. The van der Waals surface area contributed by atoms with E-state index in [4.69, 9.17) is 16.3 Å². The highest BCUT2D eigenvalue weighted by Gasteiger charge is 2.00. The number of nitrogens with one attached hydrogen (secondary N) is 1. The van der Waals surface area contributed by atoms with Crippen LogP contribution in [0.5, 0.6) is 0 Å². The molecule has 1 N–H and O–H groups in total. The van der Waals surface area contributed by atoms with E-state index in [1.807, 2.05) is 31.2 Å². The molecule has 4 heteroatoms. The fourth-order valence-corrected chi connectivity index (χ4v) is 1.39. The summed E-state index contributed by atoms with van der Waals surface area (Å²) in [6, 6.07) is 7.48. The first-order chi connectivity index (χ1) is 7.72. The molecular formula is C12H16ClNO2. The third-order valence-electron chi connectivity index (χ3n) is 2.04. The van der Waals surface area contributed by atoms with Crippen molar-refractivity contribution in [2.75, 3.05) is 18.5 Å². The van der Waals surface area contributed by atoms with Crippen LogP contribution in [0.3, 0.4) is 0 Å². The molecule has 0 amide bonds. The van der Waals surface area contributed by atoms with Crippen LogP contribution in [-0.4, -0.2) is 19.1 Å². The van der Waals surface area contributed by atoms with Crippen molar-refractivity contribution in [1.82, 2.24) is 0 Å². The van der Waals surface area contributed by atoms with Gasteiger partial charge in [-0.2, -0.15) is 0 Å². The number of ether oxygens (including phenoxy) is 1. The summed E-state index contributed by atoms with van der Waals surface area (Å²) in [4.78, 5) is 11.0. The highest BCUT2D eigenvalue weighted by atomic mass is 35.5. The van der Waals surface area contributed by atoms with Gasteiger partial charge in [0.2, 0.25) is 0 Å². The van der Waals surface area contributed by atoms with E-state index in [1.165, 1.54) is 0 Å². The molecule has 0 radical (unpaired) electrons. The smallest absolute Gasteiger partial charge is 0.305 e. The lowest BCUT2D eigenvalue weighted by atomic mass is 10.3. The number of benzene rings is 1. The molecule has 0 fully saturated rings. The Kier molecular flexibility index (Phi) is 5.72. The Hall–Kier alpha value is -1.22. The van der Waals surface area contributed by atoms with Crippen LogP contribution in [0.2, 0.25) is 5.02 Å². The van der Waals surface area contributed by atoms with Gasteiger partial charge in [0.15, 0.2) is 0 Å². The van der Waals surface area contributed by atoms with Gasteiger partial charge in [-0.1, -0.05) is 11.6 Å². The van der Waals surface area contributed by atoms with E-state index < -0.39 is 0 Å². The molecule has 1 aromatic carbocycles. The fraction of sp³-hybridized carbons (Fsp3) is 0.417. The largest absolute Gasteiger partial charge is 0.466 e. The van der Waals surface area contributed by atoms with Crippen LogP contribution in [-0.2, 0) is 9.53 Å². The second kappa shape index (κ2) is 7.12. The van der Waals surface area contributed by atoms with Gasteiger partial charge in [0, 0.05) is 23.7 Å². The Morgan fingerprint density at radius 1 is 1.38 bits per heavy atom. The number of carbonyl (C=O) groups is 1. The summed E-state index contributed by atoms with van der Waals surface area (Å²) in [5.74, 6) is -0.139. The quantitative estimate of drug-likeness (QED) is 0.614. The maximum absolute atomic E-state index is 11.0. The number of halogens is 1. The summed E-state index contributed by atoms with van der Waals surface area (Å²) in [7, 11) is 0. The topological polar surface area (TPSA) is 38.3 Å². The lowest BCUT2D eigenvalue weighted by molar-refractivity contribution is -0.143. The van der Waals surface area contributed by atoms with E-state index in [-0.39, 0.29) is 5.97 Å². The van der Waals surface area contributed by atoms with Crippen molar-refractivity contribution in [3.05, 3.63) is 29.3 Å². The Labute approximate surface area is 101 Å². The minimum absolute atomic E-state index is 0.139. The molecule has 0 saturated heterocycles. The molecule has 16 heavy (non-hydrogen) atoms. The second-order valence-electron chi connectivity index (χ2n) is 3.34. The number of hydrogen-bond acceptors (Lipinski definition) is 3. The molecule has 0 spiro atoms. The number of esters is 1. The second-order valence-corrected chi connectivity index (χ2v) is 3.78. The van der Waals surface area contributed by atoms with Crippen LogP contribution in [0.1, 0.15) is 19.8 Å². The van der Waals surface area contributed by atoms with E-state index in [2.05, 4.69) is 5.32 Å². The zero-order valence-electron chi connectivity index (χ0n) is 9.33. The first-order valence-corrected chi connectivity index (χ1v) is 5.75. The first kappa shape index (κ1) is 12.8. The van der Waals surface area contributed by atoms with Gasteiger partial charge in [-0.25, -0.2) is 0 Å². The molecule has 1 aromatic rings. The van der Waals surface area contributed by atoms with Gasteiger partial charge in [-0.3, -0.25) is 4.79 Å². The molecule has 0 heterocycles. The molecule has 88 valence electrons. The highest BCUT2D eigenvalue weighted by Crippen LogP contribution is 2.13. The summed E-state index contributed by atoms with van der Waals surface area (Å²) in [6.07, 6.45) is 1.22.